The van der Waals surface area contributed by atoms with Crippen molar-refractivity contribution in [1.29, 1.82) is 0 Å². The zero-order valence-electron chi connectivity index (χ0n) is 18.7. The van der Waals surface area contributed by atoms with Crippen molar-refractivity contribution in [1.82, 2.24) is 20.3 Å². The number of aryl methyl sites for hydroxylation is 1. The standard InChI is InChI=1S/C25H29N5OS/c1-4-32(3)12-11-17-8-5-7-16-14-26-25(31)19-13-21(29-22(16)19)18-9-6-10-20-23(18)30-24(28-17)15(2)27-20/h4-6,8-10,13,16-17,29H,7,11-12,14H2,1-3H3,(H,26,31)(H,28,30). The summed E-state index contributed by atoms with van der Waals surface area (Å²) in [7, 11) is 0.297. The van der Waals surface area contributed by atoms with Crippen LogP contribution in [-0.2, 0) is 0 Å². The summed E-state index contributed by atoms with van der Waals surface area (Å²) < 4.78 is 0. The molecule has 0 saturated heterocycles. The minimum Gasteiger partial charge on any atom is -0.362 e. The number of carbonyl (C=O) groups excluding carboxylic acids is 1. The second kappa shape index (κ2) is 8.54. The van der Waals surface area contributed by atoms with Gasteiger partial charge in [0.2, 0.25) is 0 Å². The van der Waals surface area contributed by atoms with Crippen LogP contribution >= 0.6 is 10.5 Å². The number of fused-ring (bicyclic) bond motifs is 3. The first kappa shape index (κ1) is 20.9. The number of aromatic amines is 1. The highest BCUT2D eigenvalue weighted by Crippen LogP contribution is 2.34. The third-order valence-electron chi connectivity index (χ3n) is 6.43. The summed E-state index contributed by atoms with van der Waals surface area (Å²) >= 11 is 0. The number of benzene rings is 1. The van der Waals surface area contributed by atoms with Crippen LogP contribution in [-0.4, -0.2) is 50.8 Å². The van der Waals surface area contributed by atoms with E-state index in [2.05, 4.69) is 52.4 Å². The van der Waals surface area contributed by atoms with Crippen LogP contribution in [0.15, 0.2) is 36.4 Å². The largest absolute Gasteiger partial charge is 0.362 e. The monoisotopic (exact) mass is 447 g/mol. The van der Waals surface area contributed by atoms with Crippen molar-refractivity contribution in [2.24, 2.45) is 0 Å². The van der Waals surface area contributed by atoms with Crippen LogP contribution in [0.25, 0.3) is 22.3 Å². The molecule has 1 amide bonds. The molecule has 3 N–H and O–H groups in total. The minimum atomic E-state index is -0.0111. The molecule has 2 aliphatic rings. The Hall–Kier alpha value is -2.93. The number of anilines is 1. The van der Waals surface area contributed by atoms with Gasteiger partial charge in [0.25, 0.3) is 5.91 Å². The van der Waals surface area contributed by atoms with Gasteiger partial charge in [0.1, 0.15) is 11.3 Å². The van der Waals surface area contributed by atoms with Gasteiger partial charge < -0.3 is 15.6 Å². The molecule has 4 bridgehead atoms. The minimum absolute atomic E-state index is 0.0111. The molecule has 32 heavy (non-hydrogen) atoms. The molecule has 0 saturated carbocycles. The van der Waals surface area contributed by atoms with Gasteiger partial charge in [-0.3, -0.25) is 4.79 Å². The first-order valence-corrected chi connectivity index (χ1v) is 13.0. The van der Waals surface area contributed by atoms with E-state index in [1.165, 1.54) is 0 Å². The van der Waals surface area contributed by atoms with E-state index >= 15 is 0 Å². The Morgan fingerprint density at radius 1 is 1.25 bits per heavy atom. The smallest absolute Gasteiger partial charge is 0.253 e. The van der Waals surface area contributed by atoms with Crippen molar-refractivity contribution >= 4 is 38.6 Å². The first-order chi connectivity index (χ1) is 15.5. The lowest BCUT2D eigenvalue weighted by Gasteiger charge is -2.22. The highest BCUT2D eigenvalue weighted by Gasteiger charge is 2.28. The Bertz CT molecular complexity index is 1260. The van der Waals surface area contributed by atoms with Crippen LogP contribution in [0.3, 0.4) is 0 Å². The maximum absolute atomic E-state index is 12.6. The Balaban J connectivity index is 1.66. The van der Waals surface area contributed by atoms with Crippen molar-refractivity contribution in [3.8, 4) is 11.3 Å². The van der Waals surface area contributed by atoms with E-state index in [0.29, 0.717) is 17.0 Å². The van der Waals surface area contributed by atoms with Gasteiger partial charge in [0.15, 0.2) is 0 Å². The van der Waals surface area contributed by atoms with Crippen LogP contribution in [0, 0.1) is 6.92 Å². The molecule has 0 radical (unpaired) electrons. The molecular formula is C25H29N5OS. The number of carbonyl (C=O) groups is 1. The molecular weight excluding hydrogens is 418 g/mol. The third kappa shape index (κ3) is 3.86. The van der Waals surface area contributed by atoms with Crippen molar-refractivity contribution in [3.63, 3.8) is 0 Å². The molecule has 166 valence electrons. The van der Waals surface area contributed by atoms with Gasteiger partial charge in [-0.2, -0.15) is 10.5 Å². The number of nitrogens with zero attached hydrogens (tertiary/aromatic N) is 2. The number of rotatable bonds is 3. The lowest BCUT2D eigenvalue weighted by Crippen LogP contribution is -2.34. The molecule has 1 aromatic carbocycles. The predicted octanol–water partition coefficient (Wildman–Crippen LogP) is 4.61. The average molecular weight is 448 g/mol. The molecule has 3 unspecified atom stereocenters. The normalized spacial score (nSPS) is 20.9. The van der Waals surface area contributed by atoms with Gasteiger partial charge in [-0.15, -0.1) is 0 Å². The summed E-state index contributed by atoms with van der Waals surface area (Å²) in [5.41, 5.74) is 6.24. The molecule has 2 aliphatic heterocycles. The van der Waals surface area contributed by atoms with Crippen LogP contribution < -0.4 is 10.6 Å². The molecule has 3 atom stereocenters. The number of nitrogens with one attached hydrogen (secondary N) is 3. The number of hydrogen-bond donors (Lipinski definition) is 3. The lowest BCUT2D eigenvalue weighted by molar-refractivity contribution is 0.0940. The number of allylic oxidation sites excluding steroid dienone is 1. The van der Waals surface area contributed by atoms with Crippen molar-refractivity contribution in [3.05, 3.63) is 53.4 Å². The van der Waals surface area contributed by atoms with Gasteiger partial charge in [-0.1, -0.05) is 29.7 Å². The van der Waals surface area contributed by atoms with Crippen LogP contribution in [0.5, 0.6) is 0 Å². The van der Waals surface area contributed by atoms with E-state index in [1.807, 2.05) is 25.1 Å². The summed E-state index contributed by atoms with van der Waals surface area (Å²) in [4.78, 5) is 26.0. The van der Waals surface area contributed by atoms with Crippen LogP contribution in [0.1, 0.15) is 47.4 Å². The Morgan fingerprint density at radius 2 is 2.12 bits per heavy atom. The van der Waals surface area contributed by atoms with Gasteiger partial charge in [-0.25, -0.2) is 9.97 Å². The molecule has 3 aromatic rings. The lowest BCUT2D eigenvalue weighted by atomic mass is 9.94. The van der Waals surface area contributed by atoms with Gasteiger partial charge in [0, 0.05) is 35.5 Å². The summed E-state index contributed by atoms with van der Waals surface area (Å²) in [6, 6.07) is 8.19. The zero-order valence-corrected chi connectivity index (χ0v) is 19.6. The Labute approximate surface area is 190 Å². The van der Waals surface area contributed by atoms with E-state index in [-0.39, 0.29) is 17.9 Å². The van der Waals surface area contributed by atoms with E-state index < -0.39 is 0 Å². The van der Waals surface area contributed by atoms with Gasteiger partial charge in [-0.05, 0) is 50.8 Å². The number of aromatic nitrogens is 3. The number of para-hydroxylation sites is 1. The second-order valence-corrected chi connectivity index (χ2v) is 10.8. The molecule has 4 heterocycles. The second-order valence-electron chi connectivity index (χ2n) is 8.58. The van der Waals surface area contributed by atoms with Crippen molar-refractivity contribution < 1.29 is 4.79 Å². The Morgan fingerprint density at radius 3 is 2.97 bits per heavy atom. The summed E-state index contributed by atoms with van der Waals surface area (Å²) in [5, 5.41) is 9.00. The van der Waals surface area contributed by atoms with E-state index in [9.17, 15) is 4.79 Å². The fourth-order valence-electron chi connectivity index (χ4n) is 4.49. The topological polar surface area (TPSA) is 82.7 Å². The first-order valence-electron chi connectivity index (χ1n) is 11.2. The average Bonchev–Trinajstić information content (AvgIpc) is 3.24. The quantitative estimate of drug-likeness (QED) is 0.404. The summed E-state index contributed by atoms with van der Waals surface area (Å²) in [6.07, 6.45) is 8.70. The van der Waals surface area contributed by atoms with Gasteiger partial charge >= 0.3 is 0 Å². The highest BCUT2D eigenvalue weighted by atomic mass is 32.2. The summed E-state index contributed by atoms with van der Waals surface area (Å²) in [5.74, 6) is 2.17. The van der Waals surface area contributed by atoms with Crippen LogP contribution in [0.4, 0.5) is 5.82 Å². The third-order valence-corrected chi connectivity index (χ3v) is 8.12. The number of amides is 1. The Kier molecular flexibility index (Phi) is 5.59. The maximum atomic E-state index is 12.6. The summed E-state index contributed by atoms with van der Waals surface area (Å²) in [6.45, 7) is 4.79. The van der Waals surface area contributed by atoms with E-state index in [0.717, 1.165) is 63.7 Å². The van der Waals surface area contributed by atoms with E-state index in [1.54, 1.807) is 0 Å². The molecule has 7 heteroatoms. The van der Waals surface area contributed by atoms with Gasteiger partial charge in [0.05, 0.1) is 16.8 Å². The molecule has 2 aromatic heterocycles. The molecule has 5 rings (SSSR count). The predicted molar refractivity (Wildman–Crippen MR) is 135 cm³/mol. The fraction of sp³-hybridized carbons (Fsp3) is 0.360. The van der Waals surface area contributed by atoms with E-state index in [4.69, 9.17) is 9.97 Å². The number of H-pyrrole nitrogens is 1. The zero-order chi connectivity index (χ0) is 22.2. The molecule has 0 aliphatic carbocycles. The molecule has 6 nitrogen and oxygen atoms in total. The van der Waals surface area contributed by atoms with Crippen LogP contribution in [0.2, 0.25) is 0 Å². The van der Waals surface area contributed by atoms with Crippen molar-refractivity contribution in [2.75, 3.05) is 23.9 Å². The highest BCUT2D eigenvalue weighted by molar-refractivity contribution is 8.14. The fourth-order valence-corrected chi connectivity index (χ4v) is 5.35. The molecule has 0 fully saturated rings. The molecule has 0 spiro atoms. The maximum Gasteiger partial charge on any atom is 0.253 e. The number of hydrogen-bond acceptors (Lipinski definition) is 4. The van der Waals surface area contributed by atoms with Crippen molar-refractivity contribution in [2.45, 2.75) is 38.6 Å². The SMILES string of the molecule is CC=S(C)CCC1C=CCC2CNC(=O)c3cc([nH]c32)-c2cccc3nc(C)c(nc23)N1.